The largest absolute Gasteiger partial charge is 0.497 e. The van der Waals surface area contributed by atoms with Crippen LogP contribution in [0.2, 0.25) is 0 Å². The van der Waals surface area contributed by atoms with E-state index >= 15 is 0 Å². The molecule has 0 aliphatic rings. The molecule has 1 aromatic heterocycles. The smallest absolute Gasteiger partial charge is 0.253 e. The van der Waals surface area contributed by atoms with Gasteiger partial charge in [-0.1, -0.05) is 5.16 Å². The number of ether oxygens (including phenoxy) is 1. The van der Waals surface area contributed by atoms with Gasteiger partial charge >= 0.3 is 0 Å². The van der Waals surface area contributed by atoms with Gasteiger partial charge in [-0.05, 0) is 19.1 Å². The number of methoxy groups -OCH3 is 1. The van der Waals surface area contributed by atoms with Crippen LogP contribution in [-0.2, 0) is 6.54 Å². The summed E-state index contributed by atoms with van der Waals surface area (Å²) in [6, 6.07) is 6.67. The molecule has 0 fully saturated rings. The van der Waals surface area contributed by atoms with Crippen molar-refractivity contribution in [2.75, 3.05) is 12.8 Å². The Labute approximate surface area is 110 Å². The maximum Gasteiger partial charge on any atom is 0.253 e. The summed E-state index contributed by atoms with van der Waals surface area (Å²) in [6.45, 7) is 2.08. The highest BCUT2D eigenvalue weighted by molar-refractivity contribution is 5.99. The van der Waals surface area contributed by atoms with Crippen molar-refractivity contribution in [1.82, 2.24) is 10.5 Å². The molecule has 0 bridgehead atoms. The zero-order valence-corrected chi connectivity index (χ0v) is 10.8. The monoisotopic (exact) mass is 261 g/mol. The Hall–Kier alpha value is -2.50. The van der Waals surface area contributed by atoms with Crippen LogP contribution in [0.25, 0.3) is 0 Å². The maximum absolute atomic E-state index is 12.0. The predicted molar refractivity (Wildman–Crippen MR) is 69.8 cm³/mol. The van der Waals surface area contributed by atoms with Gasteiger partial charge in [0.15, 0.2) is 5.76 Å². The quantitative estimate of drug-likeness (QED) is 0.814. The molecule has 0 unspecified atom stereocenters. The Bertz CT molecular complexity index is 593. The van der Waals surface area contributed by atoms with Crippen LogP contribution in [0, 0.1) is 6.92 Å². The van der Waals surface area contributed by atoms with Gasteiger partial charge in [0.2, 0.25) is 0 Å². The van der Waals surface area contributed by atoms with E-state index in [0.717, 1.165) is 5.69 Å². The fourth-order valence-electron chi connectivity index (χ4n) is 1.64. The highest BCUT2D eigenvalue weighted by Crippen LogP contribution is 2.19. The lowest BCUT2D eigenvalue weighted by Gasteiger charge is -2.07. The lowest BCUT2D eigenvalue weighted by Crippen LogP contribution is -2.23. The van der Waals surface area contributed by atoms with E-state index in [2.05, 4.69) is 10.5 Å². The van der Waals surface area contributed by atoms with Crippen LogP contribution in [0.3, 0.4) is 0 Å². The Morgan fingerprint density at radius 2 is 2.26 bits per heavy atom. The third-order valence-electron chi connectivity index (χ3n) is 2.60. The van der Waals surface area contributed by atoms with Gasteiger partial charge < -0.3 is 20.3 Å². The number of benzene rings is 1. The number of rotatable bonds is 4. The average molecular weight is 261 g/mol. The van der Waals surface area contributed by atoms with Crippen molar-refractivity contribution in [3.05, 3.63) is 41.3 Å². The van der Waals surface area contributed by atoms with E-state index in [1.54, 1.807) is 31.4 Å². The van der Waals surface area contributed by atoms with Gasteiger partial charge in [0.05, 0.1) is 24.9 Å². The summed E-state index contributed by atoms with van der Waals surface area (Å²) in [6.07, 6.45) is 0. The molecule has 2 rings (SSSR count). The minimum atomic E-state index is -0.269. The fourth-order valence-corrected chi connectivity index (χ4v) is 1.64. The molecule has 0 saturated heterocycles. The van der Waals surface area contributed by atoms with Crippen LogP contribution in [-0.4, -0.2) is 18.2 Å². The third kappa shape index (κ3) is 3.04. The SMILES string of the molecule is COc1ccc(C(=O)NCc2cc(C)no2)c(N)c1. The van der Waals surface area contributed by atoms with E-state index in [0.29, 0.717) is 22.8 Å². The molecule has 0 aliphatic heterocycles. The van der Waals surface area contributed by atoms with Gasteiger partial charge in [-0.2, -0.15) is 0 Å². The lowest BCUT2D eigenvalue weighted by molar-refractivity contribution is 0.0948. The van der Waals surface area contributed by atoms with E-state index < -0.39 is 0 Å². The van der Waals surface area contributed by atoms with Crippen molar-refractivity contribution in [2.24, 2.45) is 0 Å². The van der Waals surface area contributed by atoms with Crippen molar-refractivity contribution in [3.63, 3.8) is 0 Å². The van der Waals surface area contributed by atoms with Crippen LogP contribution >= 0.6 is 0 Å². The van der Waals surface area contributed by atoms with E-state index in [9.17, 15) is 4.79 Å². The van der Waals surface area contributed by atoms with Gasteiger partial charge in [-0.15, -0.1) is 0 Å². The Kier molecular flexibility index (Phi) is 3.70. The van der Waals surface area contributed by atoms with Gasteiger partial charge in [-0.3, -0.25) is 4.79 Å². The number of aromatic nitrogens is 1. The topological polar surface area (TPSA) is 90.4 Å². The summed E-state index contributed by atoms with van der Waals surface area (Å²) in [4.78, 5) is 12.0. The summed E-state index contributed by atoms with van der Waals surface area (Å²) in [7, 11) is 1.54. The van der Waals surface area contributed by atoms with Crippen LogP contribution in [0.5, 0.6) is 5.75 Å². The van der Waals surface area contributed by atoms with Crippen LogP contribution in [0.15, 0.2) is 28.8 Å². The Morgan fingerprint density at radius 1 is 1.47 bits per heavy atom. The third-order valence-corrected chi connectivity index (χ3v) is 2.60. The molecular formula is C13H15N3O3. The number of nitrogens with two attached hydrogens (primary N) is 1. The number of hydrogen-bond donors (Lipinski definition) is 2. The van der Waals surface area contributed by atoms with Gasteiger partial charge in [-0.25, -0.2) is 0 Å². The number of nitrogens with zero attached hydrogens (tertiary/aromatic N) is 1. The molecule has 19 heavy (non-hydrogen) atoms. The molecule has 6 heteroatoms. The predicted octanol–water partition coefficient (Wildman–Crippen LogP) is 1.50. The van der Waals surface area contributed by atoms with Crippen molar-refractivity contribution in [1.29, 1.82) is 0 Å². The molecule has 0 atom stereocenters. The highest BCUT2D eigenvalue weighted by Gasteiger charge is 2.11. The number of carbonyl (C=O) groups is 1. The van der Waals surface area contributed by atoms with Crippen LogP contribution in [0.1, 0.15) is 21.8 Å². The van der Waals surface area contributed by atoms with E-state index in [1.165, 1.54) is 0 Å². The van der Waals surface area contributed by atoms with E-state index in [1.807, 2.05) is 6.92 Å². The van der Waals surface area contributed by atoms with Crippen molar-refractivity contribution < 1.29 is 14.1 Å². The molecule has 1 amide bonds. The number of carbonyl (C=O) groups excluding carboxylic acids is 1. The van der Waals surface area contributed by atoms with Crippen LogP contribution < -0.4 is 15.8 Å². The summed E-state index contributed by atoms with van der Waals surface area (Å²) in [5, 5.41) is 6.45. The van der Waals surface area contributed by atoms with Gasteiger partial charge in [0, 0.05) is 17.8 Å². The number of anilines is 1. The fraction of sp³-hybridized carbons (Fsp3) is 0.231. The first-order valence-corrected chi connectivity index (χ1v) is 5.74. The van der Waals surface area contributed by atoms with E-state index in [-0.39, 0.29) is 12.5 Å². The number of hydrogen-bond acceptors (Lipinski definition) is 5. The minimum absolute atomic E-state index is 0.269. The molecule has 0 radical (unpaired) electrons. The summed E-state index contributed by atoms with van der Waals surface area (Å²) >= 11 is 0. The molecule has 1 aromatic carbocycles. The molecule has 6 nitrogen and oxygen atoms in total. The normalized spacial score (nSPS) is 10.2. The molecule has 0 spiro atoms. The molecule has 100 valence electrons. The number of nitrogen functional groups attached to an aromatic ring is 1. The zero-order valence-electron chi connectivity index (χ0n) is 10.8. The lowest BCUT2D eigenvalue weighted by atomic mass is 10.1. The highest BCUT2D eigenvalue weighted by atomic mass is 16.5. The number of nitrogens with one attached hydrogen (secondary N) is 1. The first-order valence-electron chi connectivity index (χ1n) is 5.74. The number of amides is 1. The summed E-state index contributed by atoms with van der Waals surface area (Å²) < 4.78 is 10.0. The molecule has 0 aliphatic carbocycles. The van der Waals surface area contributed by atoms with E-state index in [4.69, 9.17) is 15.0 Å². The summed E-state index contributed by atoms with van der Waals surface area (Å²) in [5.74, 6) is 0.937. The second-order valence-corrected chi connectivity index (χ2v) is 4.07. The van der Waals surface area contributed by atoms with Crippen LogP contribution in [0.4, 0.5) is 5.69 Å². The zero-order chi connectivity index (χ0) is 13.8. The van der Waals surface area contributed by atoms with Crippen molar-refractivity contribution >= 4 is 11.6 Å². The first-order chi connectivity index (χ1) is 9.10. The molecule has 3 N–H and O–H groups in total. The first kappa shape index (κ1) is 12.9. The molecular weight excluding hydrogens is 246 g/mol. The second kappa shape index (κ2) is 5.43. The van der Waals surface area contributed by atoms with Crippen molar-refractivity contribution in [2.45, 2.75) is 13.5 Å². The number of aryl methyl sites for hydroxylation is 1. The average Bonchev–Trinajstić information content (AvgIpc) is 2.81. The van der Waals surface area contributed by atoms with Gasteiger partial charge in [0.1, 0.15) is 5.75 Å². The second-order valence-electron chi connectivity index (χ2n) is 4.07. The minimum Gasteiger partial charge on any atom is -0.497 e. The Morgan fingerprint density at radius 3 is 2.84 bits per heavy atom. The maximum atomic E-state index is 12.0. The molecule has 1 heterocycles. The standard InChI is InChI=1S/C13H15N3O3/c1-8-5-10(19-16-8)7-15-13(17)11-4-3-9(18-2)6-12(11)14/h3-6H,7,14H2,1-2H3,(H,15,17). The summed E-state index contributed by atoms with van der Waals surface area (Å²) in [5.41, 5.74) is 7.33. The Balaban J connectivity index is 2.03. The molecule has 0 saturated carbocycles. The van der Waals surface area contributed by atoms with Crippen molar-refractivity contribution in [3.8, 4) is 5.75 Å². The van der Waals surface area contributed by atoms with Gasteiger partial charge in [0.25, 0.3) is 5.91 Å². The molecule has 2 aromatic rings.